The normalized spacial score (nSPS) is 13.3. The summed E-state index contributed by atoms with van der Waals surface area (Å²) in [5.41, 5.74) is 7.39. The summed E-state index contributed by atoms with van der Waals surface area (Å²) in [6.07, 6.45) is 0.0166. The lowest BCUT2D eigenvalue weighted by Crippen LogP contribution is -2.47. The number of rotatable bonds is 5. The maximum Gasteiger partial charge on any atom is 0.260 e. The molecule has 1 aromatic heterocycles. The monoisotopic (exact) mass is 383 g/mol. The van der Waals surface area contributed by atoms with Crippen LogP contribution in [0.2, 0.25) is 0 Å². The summed E-state index contributed by atoms with van der Waals surface area (Å²) in [6.45, 7) is 3.58. The largest absolute Gasteiger partial charge is 0.278 e. The first kappa shape index (κ1) is 19.3. The summed E-state index contributed by atoms with van der Waals surface area (Å²) >= 11 is 0. The highest BCUT2D eigenvalue weighted by atomic mass is 16.2. The Bertz CT molecular complexity index is 950. The fourth-order valence-electron chi connectivity index (χ4n) is 3.05. The second-order valence-corrected chi connectivity index (χ2v) is 6.62. The molecule has 0 unspecified atom stereocenters. The third-order valence-corrected chi connectivity index (χ3v) is 4.44. The molecule has 2 N–H and O–H groups in total. The number of nitrogens with one attached hydrogen (secondary N) is 2. The van der Waals surface area contributed by atoms with Crippen LogP contribution in [-0.4, -0.2) is 44.9 Å². The molecule has 0 bridgehead atoms. The van der Waals surface area contributed by atoms with Crippen molar-refractivity contribution in [3.63, 3.8) is 0 Å². The van der Waals surface area contributed by atoms with Gasteiger partial charge in [0.1, 0.15) is 6.54 Å². The number of hydrogen-bond donors (Lipinski definition) is 2. The van der Waals surface area contributed by atoms with Gasteiger partial charge in [-0.25, -0.2) is 0 Å². The molecule has 0 saturated carbocycles. The van der Waals surface area contributed by atoms with E-state index in [2.05, 4.69) is 16.0 Å². The molecule has 28 heavy (non-hydrogen) atoms. The van der Waals surface area contributed by atoms with E-state index in [4.69, 9.17) is 0 Å². The number of aryl methyl sites for hydroxylation is 2. The molecule has 0 spiro atoms. The van der Waals surface area contributed by atoms with Crippen LogP contribution in [0.1, 0.15) is 33.7 Å². The lowest BCUT2D eigenvalue weighted by atomic mass is 9.98. The third kappa shape index (κ3) is 4.25. The van der Waals surface area contributed by atoms with Gasteiger partial charge in [0.05, 0.1) is 12.1 Å². The topological polar surface area (TPSA) is 113 Å². The predicted octanol–water partition coefficient (Wildman–Crippen LogP) is 0.263. The zero-order valence-electron chi connectivity index (χ0n) is 15.7. The molecule has 0 aliphatic carbocycles. The first-order valence-corrected chi connectivity index (χ1v) is 8.86. The fourth-order valence-corrected chi connectivity index (χ4v) is 3.05. The van der Waals surface area contributed by atoms with Crippen molar-refractivity contribution >= 4 is 23.6 Å². The number of aromatic nitrogens is 2. The van der Waals surface area contributed by atoms with E-state index in [1.54, 1.807) is 24.3 Å². The minimum atomic E-state index is -0.499. The average Bonchev–Trinajstić information content (AvgIpc) is 2.96. The van der Waals surface area contributed by atoms with Gasteiger partial charge in [0.15, 0.2) is 0 Å². The highest BCUT2D eigenvalue weighted by molar-refractivity contribution is 6.09. The van der Waals surface area contributed by atoms with Crippen molar-refractivity contribution in [3.05, 3.63) is 52.8 Å². The fraction of sp³-hybridized carbons (Fsp3) is 0.316. The highest BCUT2D eigenvalue weighted by Gasteiger charge is 2.30. The number of carbonyl (C=O) groups excluding carboxylic acids is 4. The van der Waals surface area contributed by atoms with E-state index in [1.807, 2.05) is 19.9 Å². The Labute approximate surface area is 161 Å². The lowest BCUT2D eigenvalue weighted by Gasteiger charge is -2.26. The number of amides is 4. The molecule has 1 aliphatic heterocycles. The molecule has 1 aliphatic rings. The Morgan fingerprint density at radius 2 is 1.82 bits per heavy atom. The van der Waals surface area contributed by atoms with E-state index >= 15 is 0 Å². The number of imide groups is 1. The smallest absolute Gasteiger partial charge is 0.260 e. The number of nitrogens with zero attached hydrogens (tertiary/aromatic N) is 3. The number of benzene rings is 1. The molecule has 9 nitrogen and oxygen atoms in total. The zero-order chi connectivity index (χ0) is 20.3. The van der Waals surface area contributed by atoms with E-state index in [0.717, 1.165) is 16.3 Å². The van der Waals surface area contributed by atoms with Crippen LogP contribution in [0.5, 0.6) is 0 Å². The SMILES string of the molecule is Cc1cc(C)n(CC(=O)NNC(=O)CCN2C(=O)Cc3ccccc3C2=O)n1. The van der Waals surface area contributed by atoms with Gasteiger partial charge >= 0.3 is 0 Å². The molecule has 146 valence electrons. The van der Waals surface area contributed by atoms with Crippen molar-refractivity contribution in [2.24, 2.45) is 0 Å². The number of carbonyl (C=O) groups is 4. The van der Waals surface area contributed by atoms with E-state index in [-0.39, 0.29) is 31.8 Å². The van der Waals surface area contributed by atoms with Crippen LogP contribution in [0.4, 0.5) is 0 Å². The number of hydrazine groups is 1. The van der Waals surface area contributed by atoms with E-state index < -0.39 is 17.7 Å². The van der Waals surface area contributed by atoms with Gasteiger partial charge in [-0.2, -0.15) is 5.10 Å². The summed E-state index contributed by atoms with van der Waals surface area (Å²) in [5.74, 6) is -1.68. The van der Waals surface area contributed by atoms with Crippen LogP contribution >= 0.6 is 0 Å². The van der Waals surface area contributed by atoms with Crippen LogP contribution in [0.15, 0.2) is 30.3 Å². The van der Waals surface area contributed by atoms with Gasteiger partial charge < -0.3 is 0 Å². The van der Waals surface area contributed by atoms with E-state index in [1.165, 1.54) is 4.68 Å². The van der Waals surface area contributed by atoms with Crippen molar-refractivity contribution in [2.45, 2.75) is 33.2 Å². The Hall–Kier alpha value is -3.49. The predicted molar refractivity (Wildman–Crippen MR) is 98.8 cm³/mol. The van der Waals surface area contributed by atoms with Crippen LogP contribution in [0, 0.1) is 13.8 Å². The van der Waals surface area contributed by atoms with Crippen LogP contribution < -0.4 is 10.9 Å². The van der Waals surface area contributed by atoms with Crippen molar-refractivity contribution in [3.8, 4) is 0 Å². The lowest BCUT2D eigenvalue weighted by molar-refractivity contribution is -0.131. The third-order valence-electron chi connectivity index (χ3n) is 4.44. The van der Waals surface area contributed by atoms with Gasteiger partial charge in [-0.05, 0) is 31.5 Å². The Morgan fingerprint density at radius 3 is 2.54 bits per heavy atom. The summed E-state index contributed by atoms with van der Waals surface area (Å²) in [4.78, 5) is 49.6. The quantitative estimate of drug-likeness (QED) is 0.568. The van der Waals surface area contributed by atoms with Gasteiger partial charge in [0.25, 0.3) is 11.8 Å². The highest BCUT2D eigenvalue weighted by Crippen LogP contribution is 2.19. The number of hydrogen-bond acceptors (Lipinski definition) is 5. The zero-order valence-corrected chi connectivity index (χ0v) is 15.7. The van der Waals surface area contributed by atoms with Gasteiger partial charge in [-0.3, -0.25) is 39.6 Å². The van der Waals surface area contributed by atoms with E-state index in [9.17, 15) is 19.2 Å². The molecular weight excluding hydrogens is 362 g/mol. The van der Waals surface area contributed by atoms with Crippen LogP contribution in [0.25, 0.3) is 0 Å². The molecule has 2 heterocycles. The minimum Gasteiger partial charge on any atom is -0.278 e. The van der Waals surface area contributed by atoms with E-state index in [0.29, 0.717) is 11.1 Å². The van der Waals surface area contributed by atoms with Gasteiger partial charge in [-0.15, -0.1) is 0 Å². The van der Waals surface area contributed by atoms with Crippen LogP contribution in [-0.2, 0) is 27.3 Å². The molecule has 2 aromatic rings. The van der Waals surface area contributed by atoms with Gasteiger partial charge in [0, 0.05) is 24.2 Å². The molecule has 0 fully saturated rings. The van der Waals surface area contributed by atoms with Crippen molar-refractivity contribution in [1.29, 1.82) is 0 Å². The maximum absolute atomic E-state index is 12.4. The van der Waals surface area contributed by atoms with Crippen LogP contribution in [0.3, 0.4) is 0 Å². The molecular formula is C19H21N5O4. The molecule has 3 rings (SSSR count). The Balaban J connectivity index is 1.48. The van der Waals surface area contributed by atoms with Crippen molar-refractivity contribution in [2.75, 3.05) is 6.54 Å². The first-order chi connectivity index (χ1) is 13.3. The van der Waals surface area contributed by atoms with Crippen molar-refractivity contribution in [1.82, 2.24) is 25.5 Å². The maximum atomic E-state index is 12.4. The molecule has 9 heteroatoms. The van der Waals surface area contributed by atoms with Gasteiger partial charge in [0.2, 0.25) is 11.8 Å². The molecule has 0 radical (unpaired) electrons. The second kappa shape index (κ2) is 8.03. The molecule has 1 aromatic carbocycles. The number of fused-ring (bicyclic) bond motifs is 1. The standard InChI is InChI=1S/C19H21N5O4/c1-12-9-13(2)24(22-12)11-17(26)21-20-16(25)7-8-23-18(27)10-14-5-3-4-6-15(14)19(23)28/h3-6,9H,7-8,10-11H2,1-2H3,(H,20,25)(H,21,26). The first-order valence-electron chi connectivity index (χ1n) is 8.86. The van der Waals surface area contributed by atoms with Gasteiger partial charge in [-0.1, -0.05) is 18.2 Å². The Morgan fingerprint density at radius 1 is 1.11 bits per heavy atom. The summed E-state index contributed by atoms with van der Waals surface area (Å²) < 4.78 is 1.53. The summed E-state index contributed by atoms with van der Waals surface area (Å²) in [6, 6.07) is 8.76. The van der Waals surface area contributed by atoms with Crippen molar-refractivity contribution < 1.29 is 19.2 Å². The molecule has 0 saturated heterocycles. The second-order valence-electron chi connectivity index (χ2n) is 6.62. The summed E-state index contributed by atoms with van der Waals surface area (Å²) in [7, 11) is 0. The molecule has 4 amide bonds. The minimum absolute atomic E-state index is 0.0279. The average molecular weight is 383 g/mol. The molecule has 0 atom stereocenters. The summed E-state index contributed by atoms with van der Waals surface area (Å²) in [5, 5.41) is 4.17. The Kier molecular flexibility index (Phi) is 5.53.